The van der Waals surface area contributed by atoms with Gasteiger partial charge in [-0.1, -0.05) is 26.0 Å². The number of ether oxygens (including phenoxy) is 4. The molecule has 0 bridgehead atoms. The van der Waals surface area contributed by atoms with Crippen LogP contribution in [0.4, 0.5) is 0 Å². The highest BCUT2D eigenvalue weighted by molar-refractivity contribution is 6.46. The molecule has 8 heteroatoms. The fourth-order valence-corrected chi connectivity index (χ4v) is 4.00. The molecular formula is C26H29NO7. The molecule has 2 aliphatic rings. The summed E-state index contributed by atoms with van der Waals surface area (Å²) >= 11 is 0. The number of amides is 1. The summed E-state index contributed by atoms with van der Waals surface area (Å²) in [5, 5.41) is 11.2. The van der Waals surface area contributed by atoms with Gasteiger partial charge >= 0.3 is 0 Å². The quantitative estimate of drug-likeness (QED) is 0.360. The topological polar surface area (TPSA) is 94.5 Å². The number of methoxy groups -OCH3 is 1. The van der Waals surface area contributed by atoms with Crippen LogP contribution in [0, 0.1) is 5.92 Å². The molecule has 2 heterocycles. The molecule has 0 saturated carbocycles. The van der Waals surface area contributed by atoms with E-state index >= 15 is 0 Å². The van der Waals surface area contributed by atoms with E-state index in [2.05, 4.69) is 13.8 Å². The molecule has 0 aromatic heterocycles. The van der Waals surface area contributed by atoms with E-state index in [4.69, 9.17) is 18.9 Å². The fraction of sp³-hybridized carbons (Fsp3) is 0.385. The van der Waals surface area contributed by atoms with Crippen molar-refractivity contribution in [3.63, 3.8) is 0 Å². The Morgan fingerprint density at radius 2 is 1.79 bits per heavy atom. The van der Waals surface area contributed by atoms with E-state index in [1.807, 2.05) is 12.1 Å². The molecule has 8 nitrogen and oxygen atoms in total. The van der Waals surface area contributed by atoms with Crippen LogP contribution in [-0.4, -0.2) is 61.8 Å². The predicted molar refractivity (Wildman–Crippen MR) is 125 cm³/mol. The molecule has 1 N–H and O–H groups in total. The van der Waals surface area contributed by atoms with Crippen molar-refractivity contribution in [2.45, 2.75) is 19.9 Å². The zero-order valence-corrected chi connectivity index (χ0v) is 19.6. The number of benzene rings is 2. The number of fused-ring (bicyclic) bond motifs is 1. The van der Waals surface area contributed by atoms with Gasteiger partial charge in [0.25, 0.3) is 11.7 Å². The largest absolute Gasteiger partial charge is 0.507 e. The zero-order valence-electron chi connectivity index (χ0n) is 19.6. The van der Waals surface area contributed by atoms with Crippen molar-refractivity contribution in [1.29, 1.82) is 0 Å². The van der Waals surface area contributed by atoms with Gasteiger partial charge in [0, 0.05) is 19.2 Å². The Bertz CT molecular complexity index is 1090. The van der Waals surface area contributed by atoms with E-state index in [1.54, 1.807) is 30.3 Å². The van der Waals surface area contributed by atoms with Gasteiger partial charge in [0.2, 0.25) is 0 Å². The average molecular weight is 468 g/mol. The van der Waals surface area contributed by atoms with Crippen molar-refractivity contribution in [2.75, 3.05) is 40.1 Å². The Labute approximate surface area is 198 Å². The lowest BCUT2D eigenvalue weighted by atomic mass is 9.95. The predicted octanol–water partition coefficient (Wildman–Crippen LogP) is 3.56. The maximum Gasteiger partial charge on any atom is 0.295 e. The second kappa shape index (κ2) is 10.2. The van der Waals surface area contributed by atoms with Crippen molar-refractivity contribution in [3.05, 3.63) is 59.2 Å². The third-order valence-electron chi connectivity index (χ3n) is 5.67. The van der Waals surface area contributed by atoms with Crippen LogP contribution in [0.25, 0.3) is 5.76 Å². The van der Waals surface area contributed by atoms with Crippen molar-refractivity contribution < 1.29 is 33.6 Å². The SMILES string of the molecule is COCCN1C(=O)C(=O)/C(=C(\O)c2ccc3c(c2)OCCO3)C1c1ccc(OCC(C)C)cc1. The number of ketones is 1. The summed E-state index contributed by atoms with van der Waals surface area (Å²) in [5.41, 5.74) is 1.08. The third-order valence-corrected chi connectivity index (χ3v) is 5.67. The minimum absolute atomic E-state index is 0.0219. The second-order valence-electron chi connectivity index (χ2n) is 8.62. The highest BCUT2D eigenvalue weighted by Gasteiger charge is 2.46. The van der Waals surface area contributed by atoms with Gasteiger partial charge in [-0.15, -0.1) is 0 Å². The minimum atomic E-state index is -0.762. The molecule has 0 spiro atoms. The number of likely N-dealkylation sites (tertiary alicyclic amines) is 1. The summed E-state index contributed by atoms with van der Waals surface area (Å²) in [6.45, 7) is 6.00. The summed E-state index contributed by atoms with van der Waals surface area (Å²) in [6, 6.07) is 11.4. The number of nitrogens with zero attached hydrogens (tertiary/aromatic N) is 1. The smallest absolute Gasteiger partial charge is 0.295 e. The molecule has 180 valence electrons. The first-order valence-corrected chi connectivity index (χ1v) is 11.3. The van der Waals surface area contributed by atoms with Crippen LogP contribution in [0.5, 0.6) is 17.2 Å². The number of hydrogen-bond acceptors (Lipinski definition) is 7. The molecule has 1 fully saturated rings. The maximum absolute atomic E-state index is 13.1. The molecule has 0 aliphatic carbocycles. The number of hydrogen-bond donors (Lipinski definition) is 1. The van der Waals surface area contributed by atoms with Crippen LogP contribution >= 0.6 is 0 Å². The summed E-state index contributed by atoms with van der Waals surface area (Å²) in [6.07, 6.45) is 0. The van der Waals surface area contributed by atoms with Gasteiger partial charge in [-0.05, 0) is 41.8 Å². The standard InChI is InChI=1S/C26H29NO7/c1-16(2)15-34-19-7-4-17(5-8-19)23-22(25(29)26(30)27(23)10-11-31-3)24(28)18-6-9-20-21(14-18)33-13-12-32-20/h4-9,14,16,23,28H,10-13,15H2,1-3H3/b24-22-. The van der Waals surface area contributed by atoms with Gasteiger partial charge < -0.3 is 29.0 Å². The average Bonchev–Trinajstić information content (AvgIpc) is 3.10. The minimum Gasteiger partial charge on any atom is -0.507 e. The lowest BCUT2D eigenvalue weighted by Gasteiger charge is -2.25. The molecule has 34 heavy (non-hydrogen) atoms. The number of aliphatic hydroxyl groups is 1. The lowest BCUT2D eigenvalue weighted by molar-refractivity contribution is -0.140. The van der Waals surface area contributed by atoms with E-state index in [-0.39, 0.29) is 24.5 Å². The number of carbonyl (C=O) groups is 2. The number of carbonyl (C=O) groups excluding carboxylic acids is 2. The van der Waals surface area contributed by atoms with E-state index < -0.39 is 17.7 Å². The first kappa shape index (κ1) is 23.6. The van der Waals surface area contributed by atoms with Crippen molar-refractivity contribution in [2.24, 2.45) is 5.92 Å². The zero-order chi connectivity index (χ0) is 24.2. The monoisotopic (exact) mass is 467 g/mol. The Balaban J connectivity index is 1.74. The molecular weight excluding hydrogens is 438 g/mol. The highest BCUT2D eigenvalue weighted by Crippen LogP contribution is 2.41. The number of Topliss-reactive ketones (excluding diaryl/α,β-unsaturated/α-hetero) is 1. The van der Waals surface area contributed by atoms with Crippen LogP contribution < -0.4 is 14.2 Å². The summed E-state index contributed by atoms with van der Waals surface area (Å²) in [7, 11) is 1.53. The summed E-state index contributed by atoms with van der Waals surface area (Å²) in [5.74, 6) is 0.434. The molecule has 4 rings (SSSR count). The Morgan fingerprint density at radius 3 is 2.47 bits per heavy atom. The van der Waals surface area contributed by atoms with E-state index in [0.29, 0.717) is 54.1 Å². The molecule has 2 aromatic carbocycles. The lowest BCUT2D eigenvalue weighted by Crippen LogP contribution is -2.32. The Kier molecular flexibility index (Phi) is 7.07. The Morgan fingerprint density at radius 1 is 1.09 bits per heavy atom. The van der Waals surface area contributed by atoms with Crippen LogP contribution in [0.1, 0.15) is 31.0 Å². The summed E-state index contributed by atoms with van der Waals surface area (Å²) in [4.78, 5) is 27.4. The van der Waals surface area contributed by atoms with Crippen LogP contribution in [0.2, 0.25) is 0 Å². The molecule has 1 atom stereocenters. The van der Waals surface area contributed by atoms with Gasteiger partial charge in [-0.3, -0.25) is 9.59 Å². The Hall–Kier alpha value is -3.52. The highest BCUT2D eigenvalue weighted by atomic mass is 16.6. The molecule has 1 saturated heterocycles. The van der Waals surface area contributed by atoms with Gasteiger partial charge in [-0.25, -0.2) is 0 Å². The van der Waals surface area contributed by atoms with E-state index in [0.717, 1.165) is 0 Å². The van der Waals surface area contributed by atoms with E-state index in [1.165, 1.54) is 12.0 Å². The fourth-order valence-electron chi connectivity index (χ4n) is 4.00. The van der Waals surface area contributed by atoms with E-state index in [9.17, 15) is 14.7 Å². The summed E-state index contributed by atoms with van der Waals surface area (Å²) < 4.78 is 22.1. The maximum atomic E-state index is 13.1. The van der Waals surface area contributed by atoms with Crippen molar-refractivity contribution in [1.82, 2.24) is 4.90 Å². The second-order valence-corrected chi connectivity index (χ2v) is 8.62. The number of rotatable bonds is 8. The first-order valence-electron chi connectivity index (χ1n) is 11.3. The van der Waals surface area contributed by atoms with Gasteiger partial charge in [0.05, 0.1) is 24.8 Å². The molecule has 0 radical (unpaired) electrons. The normalized spacial score (nSPS) is 19.1. The van der Waals surface area contributed by atoms with Crippen molar-refractivity contribution >= 4 is 17.4 Å². The molecule has 2 aliphatic heterocycles. The molecule has 1 amide bonds. The van der Waals surface area contributed by atoms with Crippen LogP contribution in [-0.2, 0) is 14.3 Å². The molecule has 2 aromatic rings. The van der Waals surface area contributed by atoms with Gasteiger partial charge in [0.1, 0.15) is 24.7 Å². The third kappa shape index (κ3) is 4.72. The van der Waals surface area contributed by atoms with Crippen LogP contribution in [0.15, 0.2) is 48.0 Å². The first-order chi connectivity index (χ1) is 16.4. The van der Waals surface area contributed by atoms with Gasteiger partial charge in [0.15, 0.2) is 11.5 Å². The van der Waals surface area contributed by atoms with Gasteiger partial charge in [-0.2, -0.15) is 0 Å². The van der Waals surface area contributed by atoms with Crippen molar-refractivity contribution in [3.8, 4) is 17.2 Å². The number of aliphatic hydroxyl groups excluding tert-OH is 1. The van der Waals surface area contributed by atoms with Crippen LogP contribution in [0.3, 0.4) is 0 Å². The molecule has 1 unspecified atom stereocenters.